The van der Waals surface area contributed by atoms with E-state index in [2.05, 4.69) is 0 Å². The summed E-state index contributed by atoms with van der Waals surface area (Å²) in [7, 11) is -8.54. The Labute approximate surface area is 266 Å². The van der Waals surface area contributed by atoms with Crippen molar-refractivity contribution in [1.29, 1.82) is 0 Å². The smallest absolute Gasteiger partial charge is 0.748 e. The van der Waals surface area contributed by atoms with E-state index in [-0.39, 0.29) is 142 Å². The molecule has 0 aliphatic heterocycles. The topological polar surface area (TPSA) is 143 Å². The van der Waals surface area contributed by atoms with Crippen LogP contribution in [0.25, 0.3) is 11.0 Å². The molecule has 30 heavy (non-hydrogen) atoms. The molecule has 2 rings (SSSR count). The molecular formula is C15H20K2N2O8S3. The molecule has 158 valence electrons. The van der Waals surface area contributed by atoms with Crippen LogP contribution in [0.1, 0.15) is 12.8 Å². The summed E-state index contributed by atoms with van der Waals surface area (Å²) in [6, 6.07) is 7.30. The second-order valence-electron chi connectivity index (χ2n) is 5.93. The van der Waals surface area contributed by atoms with Crippen LogP contribution >= 0.6 is 12.2 Å². The molecule has 10 nitrogen and oxygen atoms in total. The van der Waals surface area contributed by atoms with Crippen LogP contribution in [0, 0.1) is 4.77 Å². The summed E-state index contributed by atoms with van der Waals surface area (Å²) in [4.78, 5) is 0. The van der Waals surface area contributed by atoms with Gasteiger partial charge in [0.1, 0.15) is 13.5 Å². The molecule has 0 unspecified atom stereocenters. The van der Waals surface area contributed by atoms with Crippen LogP contribution in [0.4, 0.5) is 0 Å². The van der Waals surface area contributed by atoms with E-state index in [1.807, 2.05) is 24.3 Å². The van der Waals surface area contributed by atoms with Gasteiger partial charge in [0, 0.05) is 24.7 Å². The maximum absolute atomic E-state index is 10.6. The maximum atomic E-state index is 10.6. The van der Waals surface area contributed by atoms with Crippen molar-refractivity contribution in [3.05, 3.63) is 29.0 Å². The van der Waals surface area contributed by atoms with Crippen LogP contribution in [0.15, 0.2) is 24.3 Å². The average Bonchev–Trinajstić information content (AvgIpc) is 2.84. The third kappa shape index (κ3) is 11.4. The number of ether oxygens (including phenoxy) is 2. The van der Waals surface area contributed by atoms with Gasteiger partial charge in [0.15, 0.2) is 4.77 Å². The van der Waals surface area contributed by atoms with E-state index in [1.165, 1.54) is 0 Å². The van der Waals surface area contributed by atoms with Crippen LogP contribution in [0.5, 0.6) is 0 Å². The van der Waals surface area contributed by atoms with Gasteiger partial charge < -0.3 is 18.6 Å². The Kier molecular flexibility index (Phi) is 16.0. The van der Waals surface area contributed by atoms with E-state index < -0.39 is 31.7 Å². The molecule has 0 bridgehead atoms. The fourth-order valence-corrected chi connectivity index (χ4v) is 3.75. The van der Waals surface area contributed by atoms with E-state index in [0.29, 0.717) is 4.77 Å². The Balaban J connectivity index is 0.00000420. The van der Waals surface area contributed by atoms with E-state index in [9.17, 15) is 25.9 Å². The standard InChI is InChI=1S/C15H22N2O8S3.2K/c18-27(19,20)9-3-7-24-11-16-13-5-1-2-6-14(13)17(15(16)26)12-25-8-4-10-28(21,22)23;;/h1-2,5-6H,3-4,7-12H2,(H,18,19,20)(H,21,22,23);;/q;2*+1/p-2. The minimum absolute atomic E-state index is 0. The molecule has 0 saturated carbocycles. The number of rotatable bonds is 12. The Morgan fingerprint density at radius 1 is 0.800 bits per heavy atom. The number of hydrogen-bond acceptors (Lipinski definition) is 9. The van der Waals surface area contributed by atoms with Gasteiger partial charge in [-0.25, -0.2) is 16.8 Å². The first kappa shape index (κ1) is 31.9. The number of nitrogens with zero attached hydrogens (tertiary/aromatic N) is 2. The van der Waals surface area contributed by atoms with Crippen molar-refractivity contribution in [2.24, 2.45) is 0 Å². The molecular weight excluding hydrogens is 511 g/mol. The van der Waals surface area contributed by atoms with Crippen LogP contribution < -0.4 is 103 Å². The van der Waals surface area contributed by atoms with E-state index in [0.717, 1.165) is 11.0 Å². The average molecular weight is 531 g/mol. The first-order valence-electron chi connectivity index (χ1n) is 8.29. The summed E-state index contributed by atoms with van der Waals surface area (Å²) in [5.74, 6) is -0.986. The molecule has 1 aromatic carbocycles. The first-order chi connectivity index (χ1) is 13.1. The third-order valence-corrected chi connectivity index (χ3v) is 5.75. The first-order valence-corrected chi connectivity index (χ1v) is 11.9. The van der Waals surface area contributed by atoms with Crippen LogP contribution in [0.3, 0.4) is 0 Å². The van der Waals surface area contributed by atoms with Gasteiger partial charge in [0.05, 0.1) is 31.3 Å². The summed E-state index contributed by atoms with van der Waals surface area (Å²) in [5.41, 5.74) is 1.55. The van der Waals surface area contributed by atoms with Gasteiger partial charge in [-0.3, -0.25) is 9.13 Å². The molecule has 0 atom stereocenters. The molecule has 1 heterocycles. The second-order valence-corrected chi connectivity index (χ2v) is 9.35. The zero-order valence-electron chi connectivity index (χ0n) is 16.9. The van der Waals surface area contributed by atoms with Crippen LogP contribution in [0.2, 0.25) is 0 Å². The van der Waals surface area contributed by atoms with Crippen molar-refractivity contribution in [3.63, 3.8) is 0 Å². The van der Waals surface area contributed by atoms with Gasteiger partial charge in [-0.1, -0.05) is 12.1 Å². The number of benzene rings is 1. The van der Waals surface area contributed by atoms with Crippen molar-refractivity contribution in [2.75, 3.05) is 24.7 Å². The number of aromatic nitrogens is 2. The van der Waals surface area contributed by atoms with Gasteiger partial charge in [-0.2, -0.15) is 0 Å². The minimum atomic E-state index is -4.27. The quantitative estimate of drug-likeness (QED) is 0.114. The van der Waals surface area contributed by atoms with Gasteiger partial charge in [-0.15, -0.1) is 0 Å². The summed E-state index contributed by atoms with van der Waals surface area (Å²) >= 11 is 5.44. The second kappa shape index (κ2) is 15.0. The zero-order valence-corrected chi connectivity index (χ0v) is 25.5. The Hall–Kier alpha value is 1.92. The van der Waals surface area contributed by atoms with Crippen molar-refractivity contribution in [3.8, 4) is 0 Å². The largest absolute Gasteiger partial charge is 1.00 e. The monoisotopic (exact) mass is 530 g/mol. The molecule has 15 heteroatoms. The van der Waals surface area contributed by atoms with E-state index >= 15 is 0 Å². The molecule has 0 amide bonds. The van der Waals surface area contributed by atoms with E-state index in [4.69, 9.17) is 21.7 Å². The Morgan fingerprint density at radius 2 is 1.17 bits per heavy atom. The molecule has 1 aromatic heterocycles. The van der Waals surface area contributed by atoms with Crippen molar-refractivity contribution < 1.29 is 138 Å². The predicted octanol–water partition coefficient (Wildman–Crippen LogP) is -5.00. The fourth-order valence-electron chi connectivity index (χ4n) is 2.51. The van der Waals surface area contributed by atoms with Gasteiger partial charge in [-0.05, 0) is 37.2 Å². The predicted molar refractivity (Wildman–Crippen MR) is 101 cm³/mol. The summed E-state index contributed by atoms with van der Waals surface area (Å²) in [6.07, 6.45) is 0.174. The molecule has 0 N–H and O–H groups in total. The van der Waals surface area contributed by atoms with Gasteiger partial charge >= 0.3 is 103 Å². The molecule has 0 radical (unpaired) electrons. The molecule has 0 aliphatic carbocycles. The summed E-state index contributed by atoms with van der Waals surface area (Å²) in [5, 5.41) is 0. The minimum Gasteiger partial charge on any atom is -0.748 e. The van der Waals surface area contributed by atoms with Crippen molar-refractivity contribution in [2.45, 2.75) is 26.3 Å². The molecule has 0 aliphatic rings. The Bertz CT molecular complexity index is 985. The zero-order chi connectivity index (χ0) is 20.8. The van der Waals surface area contributed by atoms with E-state index in [1.54, 1.807) is 9.13 Å². The number of para-hydroxylation sites is 2. The molecule has 0 saturated heterocycles. The Morgan fingerprint density at radius 3 is 1.50 bits per heavy atom. The SMILES string of the molecule is O=S(=O)([O-])CCCOCn1c(=S)n(COCCCS(=O)(=O)[O-])c2ccccc21.[K+].[K+]. The van der Waals surface area contributed by atoms with Gasteiger partial charge in [0.25, 0.3) is 0 Å². The van der Waals surface area contributed by atoms with Crippen molar-refractivity contribution in [1.82, 2.24) is 9.13 Å². The van der Waals surface area contributed by atoms with Crippen LogP contribution in [-0.4, -0.2) is 59.8 Å². The van der Waals surface area contributed by atoms with Gasteiger partial charge in [0.2, 0.25) is 0 Å². The van der Waals surface area contributed by atoms with Crippen LogP contribution in [-0.2, 0) is 43.2 Å². The molecule has 0 spiro atoms. The number of fused-ring (bicyclic) bond motifs is 1. The summed E-state index contributed by atoms with van der Waals surface area (Å²) in [6.45, 7) is 0.311. The fraction of sp³-hybridized carbons (Fsp3) is 0.533. The van der Waals surface area contributed by atoms with Crippen molar-refractivity contribution >= 4 is 43.5 Å². The normalized spacial score (nSPS) is 11.8. The number of imidazole rings is 1. The number of hydrogen-bond donors (Lipinski definition) is 0. The maximum Gasteiger partial charge on any atom is 1.00 e. The molecule has 0 fully saturated rings. The molecule has 2 aromatic rings. The summed E-state index contributed by atoms with van der Waals surface area (Å²) < 4.78 is 78.2. The third-order valence-electron chi connectivity index (χ3n) is 3.73.